The lowest BCUT2D eigenvalue weighted by Crippen LogP contribution is -2.69. The predicted molar refractivity (Wildman–Crippen MR) is 131 cm³/mol. The summed E-state index contributed by atoms with van der Waals surface area (Å²) in [5.74, 6) is -0.889. The van der Waals surface area contributed by atoms with Crippen molar-refractivity contribution in [2.75, 3.05) is 0 Å². The van der Waals surface area contributed by atoms with Crippen LogP contribution in [0, 0.1) is 51.2 Å². The third-order valence-corrected chi connectivity index (χ3v) is 12.1. The zero-order chi connectivity index (χ0) is 25.3. The first-order valence-corrected chi connectivity index (χ1v) is 13.6. The SMILES string of the molecule is CC[C@@]1(C)CCC[C@@]2(C)C1CC[C@]1(C)C2C[C@@H](OC(C)=O)[C@@]2(C)C1C[C@@H](O)C(C(C)=O)[C@@H]2C=O. The number of hydrogen-bond acceptors (Lipinski definition) is 5. The molecule has 34 heavy (non-hydrogen) atoms. The largest absolute Gasteiger partial charge is 0.462 e. The van der Waals surface area contributed by atoms with Gasteiger partial charge in [0, 0.05) is 18.3 Å². The fourth-order valence-electron chi connectivity index (χ4n) is 10.4. The van der Waals surface area contributed by atoms with E-state index in [9.17, 15) is 19.5 Å². The van der Waals surface area contributed by atoms with Gasteiger partial charge in [-0.25, -0.2) is 0 Å². The van der Waals surface area contributed by atoms with Crippen molar-refractivity contribution in [3.63, 3.8) is 0 Å². The van der Waals surface area contributed by atoms with Crippen molar-refractivity contribution < 1.29 is 24.2 Å². The van der Waals surface area contributed by atoms with Crippen LogP contribution < -0.4 is 0 Å². The maximum atomic E-state index is 12.6. The highest BCUT2D eigenvalue weighted by Gasteiger charge is 2.71. The van der Waals surface area contributed by atoms with E-state index in [0.717, 1.165) is 25.5 Å². The van der Waals surface area contributed by atoms with Crippen LogP contribution in [-0.2, 0) is 19.1 Å². The second-order valence-electron chi connectivity index (χ2n) is 13.4. The van der Waals surface area contributed by atoms with Crippen LogP contribution in [0.5, 0.6) is 0 Å². The summed E-state index contributed by atoms with van der Waals surface area (Å²) in [4.78, 5) is 37.5. The van der Waals surface area contributed by atoms with E-state index in [-0.39, 0.29) is 28.5 Å². The minimum absolute atomic E-state index is 0.0106. The number of carbonyl (C=O) groups is 3. The second-order valence-corrected chi connectivity index (χ2v) is 13.4. The van der Waals surface area contributed by atoms with Gasteiger partial charge in [0.1, 0.15) is 18.2 Å². The zero-order valence-electron chi connectivity index (χ0n) is 22.4. The second kappa shape index (κ2) is 8.42. The summed E-state index contributed by atoms with van der Waals surface area (Å²) >= 11 is 0. The van der Waals surface area contributed by atoms with Crippen LogP contribution in [-0.4, -0.2) is 35.4 Å². The normalized spacial score (nSPS) is 52.5. The van der Waals surface area contributed by atoms with Crippen LogP contribution >= 0.6 is 0 Å². The molecule has 0 aromatic carbocycles. The molecule has 4 unspecified atom stereocenters. The van der Waals surface area contributed by atoms with E-state index in [1.54, 1.807) is 0 Å². The number of esters is 1. The fourth-order valence-corrected chi connectivity index (χ4v) is 10.4. The molecule has 0 aromatic rings. The van der Waals surface area contributed by atoms with Crippen LogP contribution in [0.4, 0.5) is 0 Å². The highest BCUT2D eigenvalue weighted by Crippen LogP contribution is 2.74. The monoisotopic (exact) mass is 474 g/mol. The van der Waals surface area contributed by atoms with Crippen molar-refractivity contribution >= 4 is 18.0 Å². The molecule has 4 aliphatic carbocycles. The van der Waals surface area contributed by atoms with Gasteiger partial charge in [-0.15, -0.1) is 0 Å². The van der Waals surface area contributed by atoms with Crippen LogP contribution in [0.2, 0.25) is 0 Å². The first-order chi connectivity index (χ1) is 15.8. The van der Waals surface area contributed by atoms with Gasteiger partial charge in [0.15, 0.2) is 0 Å². The Morgan fingerprint density at radius 1 is 0.971 bits per heavy atom. The van der Waals surface area contributed by atoms with E-state index in [4.69, 9.17) is 4.74 Å². The molecule has 0 radical (unpaired) electrons. The molecule has 0 aromatic heterocycles. The molecule has 11 atom stereocenters. The quantitative estimate of drug-likeness (QED) is 0.438. The van der Waals surface area contributed by atoms with E-state index in [2.05, 4.69) is 34.6 Å². The lowest BCUT2D eigenvalue weighted by Gasteiger charge is -2.71. The molecule has 1 N–H and O–H groups in total. The summed E-state index contributed by atoms with van der Waals surface area (Å²) in [6.45, 7) is 14.6. The smallest absolute Gasteiger partial charge is 0.302 e. The van der Waals surface area contributed by atoms with Crippen LogP contribution in [0.3, 0.4) is 0 Å². The average Bonchev–Trinajstić information content (AvgIpc) is 2.75. The number of hydrogen-bond donors (Lipinski definition) is 1. The number of ketones is 1. The highest BCUT2D eigenvalue weighted by atomic mass is 16.5. The number of fused-ring (bicyclic) bond motifs is 5. The number of aliphatic hydroxyl groups excluding tert-OH is 1. The molecule has 5 nitrogen and oxygen atoms in total. The van der Waals surface area contributed by atoms with Crippen molar-refractivity contribution in [3.05, 3.63) is 0 Å². The van der Waals surface area contributed by atoms with Gasteiger partial charge < -0.3 is 14.6 Å². The number of Topliss-reactive ketones (excluding diaryl/α,β-unsaturated/α-hetero) is 1. The zero-order valence-corrected chi connectivity index (χ0v) is 22.4. The summed E-state index contributed by atoms with van der Waals surface area (Å²) in [7, 11) is 0. The molecular weight excluding hydrogens is 428 g/mol. The van der Waals surface area contributed by atoms with Gasteiger partial charge in [0.2, 0.25) is 0 Å². The van der Waals surface area contributed by atoms with Gasteiger partial charge in [0.25, 0.3) is 0 Å². The molecule has 0 bridgehead atoms. The topological polar surface area (TPSA) is 80.7 Å². The first-order valence-electron chi connectivity index (χ1n) is 13.6. The lowest BCUT2D eigenvalue weighted by molar-refractivity contribution is -0.262. The molecule has 4 rings (SSSR count). The van der Waals surface area contributed by atoms with Gasteiger partial charge in [-0.2, -0.15) is 0 Å². The van der Waals surface area contributed by atoms with Gasteiger partial charge >= 0.3 is 5.97 Å². The third kappa shape index (κ3) is 3.38. The average molecular weight is 475 g/mol. The molecule has 4 saturated carbocycles. The van der Waals surface area contributed by atoms with Gasteiger partial charge in [-0.3, -0.25) is 9.59 Å². The fraction of sp³-hybridized carbons (Fsp3) is 0.897. The number of aliphatic hydroxyl groups is 1. The molecule has 0 saturated heterocycles. The molecule has 192 valence electrons. The molecule has 0 heterocycles. The Balaban J connectivity index is 1.86. The summed E-state index contributed by atoms with van der Waals surface area (Å²) < 4.78 is 6.07. The van der Waals surface area contributed by atoms with Gasteiger partial charge in [-0.05, 0) is 79.4 Å². The maximum absolute atomic E-state index is 12.6. The molecule has 0 aliphatic heterocycles. The maximum Gasteiger partial charge on any atom is 0.302 e. The molecular formula is C29H46O5. The Morgan fingerprint density at radius 2 is 1.62 bits per heavy atom. The summed E-state index contributed by atoms with van der Waals surface area (Å²) in [5.41, 5.74) is -0.287. The van der Waals surface area contributed by atoms with E-state index >= 15 is 0 Å². The Morgan fingerprint density at radius 3 is 2.18 bits per heavy atom. The van der Waals surface area contributed by atoms with Crippen LogP contribution in [0.1, 0.15) is 99.8 Å². The highest BCUT2D eigenvalue weighted by molar-refractivity contribution is 5.83. The third-order valence-electron chi connectivity index (χ3n) is 12.1. The molecule has 5 heteroatoms. The first kappa shape index (κ1) is 25.9. The van der Waals surface area contributed by atoms with Crippen molar-refractivity contribution in [1.29, 1.82) is 0 Å². The van der Waals surface area contributed by atoms with E-state index in [1.165, 1.54) is 39.5 Å². The van der Waals surface area contributed by atoms with Crippen molar-refractivity contribution in [1.82, 2.24) is 0 Å². The minimum atomic E-state index is -0.836. The number of carbonyl (C=O) groups excluding carboxylic acids is 3. The van der Waals surface area contributed by atoms with Gasteiger partial charge in [-0.1, -0.05) is 47.5 Å². The molecule has 4 fully saturated rings. The lowest BCUT2D eigenvalue weighted by atomic mass is 9.33. The molecule has 0 amide bonds. The summed E-state index contributed by atoms with van der Waals surface area (Å²) in [5, 5.41) is 11.2. The standard InChI is InChI=1S/C29H46O5/c1-8-26(4)11-9-12-27(5)21(26)10-13-28(6)22(27)15-24(34-18(3)32)29(7)19(16-30)25(17(2)31)20(33)14-23(28)29/h16,19-25,33H,8-15H2,1-7H3/t19-,20+,21?,22?,23?,24+,25?,26-,27-,28+,29+/m0/s1. The van der Waals surface area contributed by atoms with Crippen molar-refractivity contribution in [2.24, 2.45) is 51.2 Å². The molecule has 4 aliphatic rings. The van der Waals surface area contributed by atoms with E-state index < -0.39 is 29.5 Å². The summed E-state index contributed by atoms with van der Waals surface area (Å²) in [6.07, 6.45) is 7.91. The van der Waals surface area contributed by atoms with Gasteiger partial charge in [0.05, 0.1) is 12.0 Å². The number of ether oxygens (including phenoxy) is 1. The Bertz CT molecular complexity index is 853. The van der Waals surface area contributed by atoms with Crippen molar-refractivity contribution in [2.45, 2.75) is 112 Å². The van der Waals surface area contributed by atoms with Crippen LogP contribution in [0.25, 0.3) is 0 Å². The van der Waals surface area contributed by atoms with E-state index in [1.807, 2.05) is 0 Å². The predicted octanol–water partition coefficient (Wildman–Crippen LogP) is 5.37. The number of aldehydes is 1. The Labute approximate surface area is 205 Å². The minimum Gasteiger partial charge on any atom is -0.462 e. The Kier molecular flexibility index (Phi) is 6.40. The number of rotatable bonds is 4. The molecule has 0 spiro atoms. The summed E-state index contributed by atoms with van der Waals surface area (Å²) in [6, 6.07) is 0. The van der Waals surface area contributed by atoms with E-state index in [0.29, 0.717) is 23.7 Å². The Hall–Kier alpha value is -1.23. The van der Waals surface area contributed by atoms with Crippen LogP contribution in [0.15, 0.2) is 0 Å². The van der Waals surface area contributed by atoms with Crippen molar-refractivity contribution in [3.8, 4) is 0 Å².